The lowest BCUT2D eigenvalue weighted by Crippen LogP contribution is -2.36. The number of hydrogen-bond acceptors (Lipinski definition) is 3. The summed E-state index contributed by atoms with van der Waals surface area (Å²) in [6.07, 6.45) is 0. The molecular weight excluding hydrogens is 180 g/mol. The van der Waals surface area contributed by atoms with Gasteiger partial charge in [0.1, 0.15) is 12.4 Å². The molecule has 1 aliphatic heterocycles. The Bertz CT molecular complexity index is 295. The summed E-state index contributed by atoms with van der Waals surface area (Å²) in [6, 6.07) is 7.87. The fourth-order valence-corrected chi connectivity index (χ4v) is 1.36. The van der Waals surface area contributed by atoms with Crippen LogP contribution < -0.4 is 4.74 Å². The molecule has 2 rings (SSSR count). The second-order valence-electron chi connectivity index (χ2n) is 3.52. The summed E-state index contributed by atoms with van der Waals surface area (Å²) in [6.45, 7) is 2.82. The standard InChI is InChI=1S/C11H14O3/c1-11(12-2)8-13-10-6-4-3-5-9(10)7-14-11/h3-6H,7-8H2,1-2H3. The first-order valence-corrected chi connectivity index (χ1v) is 4.63. The summed E-state index contributed by atoms with van der Waals surface area (Å²) in [7, 11) is 1.62. The first kappa shape index (κ1) is 9.49. The first-order chi connectivity index (χ1) is 6.73. The SMILES string of the molecule is COC1(C)COc2ccccc2CO1. The van der Waals surface area contributed by atoms with Crippen LogP contribution in [0.15, 0.2) is 24.3 Å². The topological polar surface area (TPSA) is 27.7 Å². The molecule has 0 saturated heterocycles. The Kier molecular flexibility index (Phi) is 2.44. The summed E-state index contributed by atoms with van der Waals surface area (Å²) < 4.78 is 16.5. The Morgan fingerprint density at radius 3 is 2.93 bits per heavy atom. The minimum atomic E-state index is -0.640. The predicted octanol–water partition coefficient (Wildman–Crippen LogP) is 1.96. The monoisotopic (exact) mass is 194 g/mol. The van der Waals surface area contributed by atoms with Crippen LogP contribution in [0, 0.1) is 0 Å². The van der Waals surface area contributed by atoms with Crippen molar-refractivity contribution in [1.82, 2.24) is 0 Å². The molecule has 0 aromatic heterocycles. The van der Waals surface area contributed by atoms with E-state index in [1.807, 2.05) is 31.2 Å². The van der Waals surface area contributed by atoms with E-state index in [9.17, 15) is 0 Å². The number of benzene rings is 1. The zero-order valence-corrected chi connectivity index (χ0v) is 8.45. The van der Waals surface area contributed by atoms with Crippen LogP contribution in [-0.2, 0) is 16.1 Å². The normalized spacial score (nSPS) is 26.1. The molecule has 1 aliphatic rings. The Morgan fingerprint density at radius 1 is 1.36 bits per heavy atom. The third-order valence-corrected chi connectivity index (χ3v) is 2.43. The van der Waals surface area contributed by atoms with Gasteiger partial charge in [-0.1, -0.05) is 18.2 Å². The molecule has 1 aromatic rings. The Labute approximate surface area is 83.6 Å². The predicted molar refractivity (Wildman–Crippen MR) is 52.1 cm³/mol. The molecule has 3 heteroatoms. The molecule has 1 unspecified atom stereocenters. The number of para-hydroxylation sites is 1. The van der Waals surface area contributed by atoms with Gasteiger partial charge in [0.15, 0.2) is 5.79 Å². The van der Waals surface area contributed by atoms with Gasteiger partial charge < -0.3 is 14.2 Å². The van der Waals surface area contributed by atoms with Gasteiger partial charge in [-0.25, -0.2) is 0 Å². The van der Waals surface area contributed by atoms with Crippen LogP contribution in [-0.4, -0.2) is 19.5 Å². The molecule has 1 heterocycles. The molecule has 1 atom stereocenters. The zero-order valence-electron chi connectivity index (χ0n) is 8.45. The second kappa shape index (κ2) is 3.59. The third kappa shape index (κ3) is 1.74. The van der Waals surface area contributed by atoms with E-state index < -0.39 is 5.79 Å². The lowest BCUT2D eigenvalue weighted by Gasteiger charge is -2.25. The zero-order chi connectivity index (χ0) is 10.0. The quantitative estimate of drug-likeness (QED) is 0.684. The van der Waals surface area contributed by atoms with Gasteiger partial charge in [-0.2, -0.15) is 0 Å². The van der Waals surface area contributed by atoms with E-state index in [1.54, 1.807) is 7.11 Å². The van der Waals surface area contributed by atoms with Crippen molar-refractivity contribution in [1.29, 1.82) is 0 Å². The third-order valence-electron chi connectivity index (χ3n) is 2.43. The summed E-state index contributed by atoms with van der Waals surface area (Å²) in [5.41, 5.74) is 1.06. The highest BCUT2D eigenvalue weighted by Crippen LogP contribution is 2.27. The van der Waals surface area contributed by atoms with Gasteiger partial charge in [0.2, 0.25) is 0 Å². The van der Waals surface area contributed by atoms with E-state index >= 15 is 0 Å². The maximum absolute atomic E-state index is 5.62. The van der Waals surface area contributed by atoms with Crippen LogP contribution in [0.5, 0.6) is 5.75 Å². The molecule has 0 saturated carbocycles. The van der Waals surface area contributed by atoms with Gasteiger partial charge >= 0.3 is 0 Å². The summed E-state index contributed by atoms with van der Waals surface area (Å²) >= 11 is 0. The number of ether oxygens (including phenoxy) is 3. The first-order valence-electron chi connectivity index (χ1n) is 4.63. The molecule has 14 heavy (non-hydrogen) atoms. The van der Waals surface area contributed by atoms with Crippen LogP contribution in [0.25, 0.3) is 0 Å². The van der Waals surface area contributed by atoms with Crippen LogP contribution in [0.4, 0.5) is 0 Å². The van der Waals surface area contributed by atoms with Crippen LogP contribution in [0.2, 0.25) is 0 Å². The van der Waals surface area contributed by atoms with Crippen molar-refractivity contribution in [3.05, 3.63) is 29.8 Å². The van der Waals surface area contributed by atoms with Gasteiger partial charge in [0.25, 0.3) is 0 Å². The van der Waals surface area contributed by atoms with Gasteiger partial charge in [0.05, 0.1) is 6.61 Å². The fraction of sp³-hybridized carbons (Fsp3) is 0.455. The van der Waals surface area contributed by atoms with Crippen molar-refractivity contribution in [2.24, 2.45) is 0 Å². The molecule has 0 spiro atoms. The maximum atomic E-state index is 5.62. The Morgan fingerprint density at radius 2 is 2.14 bits per heavy atom. The Hall–Kier alpha value is -1.06. The van der Waals surface area contributed by atoms with E-state index in [-0.39, 0.29) is 0 Å². The van der Waals surface area contributed by atoms with Crippen LogP contribution >= 0.6 is 0 Å². The summed E-state index contributed by atoms with van der Waals surface area (Å²) in [4.78, 5) is 0. The smallest absolute Gasteiger partial charge is 0.200 e. The molecule has 0 bridgehead atoms. The van der Waals surface area contributed by atoms with Gasteiger partial charge in [-0.15, -0.1) is 0 Å². The Balaban J connectivity index is 2.22. The number of methoxy groups -OCH3 is 1. The summed E-state index contributed by atoms with van der Waals surface area (Å²) in [5.74, 6) is 0.243. The van der Waals surface area contributed by atoms with Crippen LogP contribution in [0.1, 0.15) is 12.5 Å². The number of rotatable bonds is 1. The largest absolute Gasteiger partial charge is 0.488 e. The summed E-state index contributed by atoms with van der Waals surface area (Å²) in [5, 5.41) is 0. The highest BCUT2D eigenvalue weighted by molar-refractivity contribution is 5.33. The van der Waals surface area contributed by atoms with E-state index in [1.165, 1.54) is 0 Å². The molecule has 0 fully saturated rings. The van der Waals surface area contributed by atoms with Gasteiger partial charge in [0, 0.05) is 12.7 Å². The molecule has 1 aromatic carbocycles. The molecule has 0 N–H and O–H groups in total. The molecule has 3 nitrogen and oxygen atoms in total. The number of fused-ring (bicyclic) bond motifs is 1. The van der Waals surface area contributed by atoms with E-state index in [2.05, 4.69) is 0 Å². The minimum absolute atomic E-state index is 0.417. The van der Waals surface area contributed by atoms with Crippen molar-refractivity contribution < 1.29 is 14.2 Å². The van der Waals surface area contributed by atoms with Gasteiger partial charge in [-0.05, 0) is 13.0 Å². The van der Waals surface area contributed by atoms with Crippen molar-refractivity contribution in [3.63, 3.8) is 0 Å². The van der Waals surface area contributed by atoms with Crippen molar-refractivity contribution in [3.8, 4) is 5.75 Å². The lowest BCUT2D eigenvalue weighted by atomic mass is 10.2. The number of hydrogen-bond donors (Lipinski definition) is 0. The van der Waals surface area contributed by atoms with Crippen molar-refractivity contribution in [2.45, 2.75) is 19.3 Å². The molecule has 0 radical (unpaired) electrons. The van der Waals surface area contributed by atoms with E-state index in [0.717, 1.165) is 11.3 Å². The van der Waals surface area contributed by atoms with Crippen LogP contribution in [0.3, 0.4) is 0 Å². The van der Waals surface area contributed by atoms with E-state index in [0.29, 0.717) is 13.2 Å². The molecular formula is C11H14O3. The lowest BCUT2D eigenvalue weighted by molar-refractivity contribution is -0.225. The average molecular weight is 194 g/mol. The van der Waals surface area contributed by atoms with E-state index in [4.69, 9.17) is 14.2 Å². The van der Waals surface area contributed by atoms with Gasteiger partial charge in [-0.3, -0.25) is 0 Å². The maximum Gasteiger partial charge on any atom is 0.200 e. The molecule has 76 valence electrons. The molecule has 0 amide bonds. The second-order valence-corrected chi connectivity index (χ2v) is 3.52. The highest BCUT2D eigenvalue weighted by atomic mass is 16.7. The van der Waals surface area contributed by atoms with Crippen molar-refractivity contribution >= 4 is 0 Å². The van der Waals surface area contributed by atoms with Crippen molar-refractivity contribution in [2.75, 3.05) is 13.7 Å². The fourth-order valence-electron chi connectivity index (χ4n) is 1.36. The average Bonchev–Trinajstić information content (AvgIpc) is 2.40. The highest BCUT2D eigenvalue weighted by Gasteiger charge is 2.29. The molecule has 0 aliphatic carbocycles. The minimum Gasteiger partial charge on any atom is -0.488 e.